The minimum atomic E-state index is 0.514. The SMILES string of the molecule is CCCNC1CCCc2nc(-c3nccs3)sc21. The van der Waals surface area contributed by atoms with E-state index >= 15 is 0 Å². The normalized spacial score (nSPS) is 18.8. The van der Waals surface area contributed by atoms with Gasteiger partial charge in [-0.25, -0.2) is 9.97 Å². The lowest BCUT2D eigenvalue weighted by atomic mass is 9.98. The highest BCUT2D eigenvalue weighted by atomic mass is 32.1. The third-order valence-corrected chi connectivity index (χ3v) is 5.33. The number of nitrogens with one attached hydrogen (secondary N) is 1. The molecular formula is C13H17N3S2. The third kappa shape index (κ3) is 2.35. The van der Waals surface area contributed by atoms with Crippen molar-refractivity contribution < 1.29 is 0 Å². The van der Waals surface area contributed by atoms with Crippen LogP contribution in [0, 0.1) is 0 Å². The molecule has 96 valence electrons. The summed E-state index contributed by atoms with van der Waals surface area (Å²) in [6.07, 6.45) is 6.65. The van der Waals surface area contributed by atoms with Gasteiger partial charge in [-0.15, -0.1) is 22.7 Å². The molecule has 0 saturated heterocycles. The molecule has 3 nitrogen and oxygen atoms in total. The summed E-state index contributed by atoms with van der Waals surface area (Å²) in [5, 5.41) is 7.81. The summed E-state index contributed by atoms with van der Waals surface area (Å²) in [5.74, 6) is 0. The molecule has 0 radical (unpaired) electrons. The topological polar surface area (TPSA) is 37.8 Å². The van der Waals surface area contributed by atoms with Crippen LogP contribution < -0.4 is 5.32 Å². The molecule has 1 N–H and O–H groups in total. The summed E-state index contributed by atoms with van der Waals surface area (Å²) in [6, 6.07) is 0.514. The minimum absolute atomic E-state index is 0.514. The molecule has 0 bridgehead atoms. The van der Waals surface area contributed by atoms with Gasteiger partial charge < -0.3 is 5.32 Å². The van der Waals surface area contributed by atoms with Crippen molar-refractivity contribution in [3.05, 3.63) is 22.1 Å². The lowest BCUT2D eigenvalue weighted by Gasteiger charge is -2.22. The molecule has 0 saturated carbocycles. The van der Waals surface area contributed by atoms with Crippen molar-refractivity contribution in [1.82, 2.24) is 15.3 Å². The number of fused-ring (bicyclic) bond motifs is 1. The summed E-state index contributed by atoms with van der Waals surface area (Å²) in [4.78, 5) is 10.6. The van der Waals surface area contributed by atoms with Gasteiger partial charge in [-0.3, -0.25) is 0 Å². The zero-order chi connectivity index (χ0) is 12.4. The number of aryl methyl sites for hydroxylation is 1. The van der Waals surface area contributed by atoms with Gasteiger partial charge in [0.2, 0.25) is 0 Å². The van der Waals surface area contributed by atoms with E-state index in [1.165, 1.54) is 29.8 Å². The molecule has 1 unspecified atom stereocenters. The van der Waals surface area contributed by atoms with Crippen LogP contribution in [0.5, 0.6) is 0 Å². The van der Waals surface area contributed by atoms with Crippen molar-refractivity contribution in [2.24, 2.45) is 0 Å². The molecule has 0 spiro atoms. The Morgan fingerprint density at radius 2 is 2.39 bits per heavy atom. The third-order valence-electron chi connectivity index (χ3n) is 3.21. The zero-order valence-electron chi connectivity index (χ0n) is 10.5. The molecular weight excluding hydrogens is 262 g/mol. The second-order valence-corrected chi connectivity index (χ2v) is 6.49. The van der Waals surface area contributed by atoms with E-state index in [0.29, 0.717) is 6.04 Å². The smallest absolute Gasteiger partial charge is 0.152 e. The van der Waals surface area contributed by atoms with Crippen molar-refractivity contribution in [2.45, 2.75) is 38.6 Å². The fourth-order valence-electron chi connectivity index (χ4n) is 2.35. The van der Waals surface area contributed by atoms with E-state index in [2.05, 4.69) is 17.2 Å². The highest BCUT2D eigenvalue weighted by Crippen LogP contribution is 2.38. The van der Waals surface area contributed by atoms with Crippen LogP contribution in [0.2, 0.25) is 0 Å². The maximum Gasteiger partial charge on any atom is 0.152 e. The van der Waals surface area contributed by atoms with Crippen LogP contribution in [0.15, 0.2) is 11.6 Å². The molecule has 1 aliphatic carbocycles. The quantitative estimate of drug-likeness (QED) is 0.928. The average Bonchev–Trinajstić information content (AvgIpc) is 3.03. The number of hydrogen-bond donors (Lipinski definition) is 1. The first-order valence-corrected chi connectivity index (χ1v) is 8.21. The average molecular weight is 279 g/mol. The second kappa shape index (κ2) is 5.47. The van der Waals surface area contributed by atoms with Gasteiger partial charge in [-0.1, -0.05) is 6.92 Å². The first kappa shape index (κ1) is 12.3. The van der Waals surface area contributed by atoms with Gasteiger partial charge in [-0.05, 0) is 32.2 Å². The standard InChI is InChI=1S/C13H17N3S2/c1-2-6-14-9-4-3-5-10-11(9)18-13(16-10)12-15-7-8-17-12/h7-9,14H,2-6H2,1H3. The van der Waals surface area contributed by atoms with Crippen LogP contribution in [-0.2, 0) is 6.42 Å². The van der Waals surface area contributed by atoms with Gasteiger partial charge in [0.1, 0.15) is 0 Å². The molecule has 1 aliphatic rings. The summed E-state index contributed by atoms with van der Waals surface area (Å²) in [6.45, 7) is 3.30. The molecule has 18 heavy (non-hydrogen) atoms. The number of hydrogen-bond acceptors (Lipinski definition) is 5. The Kier molecular flexibility index (Phi) is 3.72. The van der Waals surface area contributed by atoms with Crippen LogP contribution in [0.1, 0.15) is 42.8 Å². The van der Waals surface area contributed by atoms with E-state index in [0.717, 1.165) is 23.0 Å². The minimum Gasteiger partial charge on any atom is -0.309 e. The van der Waals surface area contributed by atoms with Gasteiger partial charge in [0.05, 0.1) is 5.69 Å². The zero-order valence-corrected chi connectivity index (χ0v) is 12.1. The molecule has 3 rings (SSSR count). The summed E-state index contributed by atoms with van der Waals surface area (Å²) >= 11 is 3.50. The lowest BCUT2D eigenvalue weighted by Crippen LogP contribution is -2.24. The molecule has 0 fully saturated rings. The molecule has 2 heterocycles. The largest absolute Gasteiger partial charge is 0.309 e. The van der Waals surface area contributed by atoms with Crippen molar-refractivity contribution in [2.75, 3.05) is 6.54 Å². The van der Waals surface area contributed by atoms with Crippen LogP contribution in [0.4, 0.5) is 0 Å². The van der Waals surface area contributed by atoms with Crippen LogP contribution >= 0.6 is 22.7 Å². The summed E-state index contributed by atoms with van der Waals surface area (Å²) in [7, 11) is 0. The predicted octanol–water partition coefficient (Wildman–Crippen LogP) is 3.64. The Bertz CT molecular complexity index is 504. The summed E-state index contributed by atoms with van der Waals surface area (Å²) < 4.78 is 0. The number of aromatic nitrogens is 2. The fourth-order valence-corrected chi connectivity index (χ4v) is 4.25. The van der Waals surface area contributed by atoms with Gasteiger partial charge >= 0.3 is 0 Å². The predicted molar refractivity (Wildman–Crippen MR) is 77.2 cm³/mol. The van der Waals surface area contributed by atoms with E-state index < -0.39 is 0 Å². The van der Waals surface area contributed by atoms with Crippen molar-refractivity contribution >= 4 is 22.7 Å². The van der Waals surface area contributed by atoms with Gasteiger partial charge in [0.15, 0.2) is 10.0 Å². The number of rotatable bonds is 4. The fraction of sp³-hybridized carbons (Fsp3) is 0.538. The monoisotopic (exact) mass is 279 g/mol. The maximum absolute atomic E-state index is 4.78. The molecule has 5 heteroatoms. The first-order chi connectivity index (χ1) is 8.88. The van der Waals surface area contributed by atoms with E-state index in [1.54, 1.807) is 11.3 Å². The maximum atomic E-state index is 4.78. The molecule has 0 aliphatic heterocycles. The Hall–Kier alpha value is -0.780. The lowest BCUT2D eigenvalue weighted by molar-refractivity contribution is 0.465. The Labute approximate surface area is 115 Å². The van der Waals surface area contributed by atoms with Crippen molar-refractivity contribution in [3.8, 4) is 10.0 Å². The molecule has 0 aromatic carbocycles. The van der Waals surface area contributed by atoms with Crippen molar-refractivity contribution in [1.29, 1.82) is 0 Å². The van der Waals surface area contributed by atoms with E-state index in [4.69, 9.17) is 4.98 Å². The molecule has 2 aromatic rings. The van der Waals surface area contributed by atoms with E-state index in [9.17, 15) is 0 Å². The number of thiazole rings is 2. The Morgan fingerprint density at radius 3 is 3.17 bits per heavy atom. The highest BCUT2D eigenvalue weighted by Gasteiger charge is 2.24. The van der Waals surface area contributed by atoms with E-state index in [1.807, 2.05) is 22.9 Å². The molecule has 2 aromatic heterocycles. The Balaban J connectivity index is 1.88. The van der Waals surface area contributed by atoms with Crippen LogP contribution in [0.25, 0.3) is 10.0 Å². The molecule has 0 amide bonds. The first-order valence-electron chi connectivity index (χ1n) is 6.51. The highest BCUT2D eigenvalue weighted by molar-refractivity contribution is 7.20. The van der Waals surface area contributed by atoms with Gasteiger partial charge in [0.25, 0.3) is 0 Å². The van der Waals surface area contributed by atoms with Crippen LogP contribution in [-0.4, -0.2) is 16.5 Å². The summed E-state index contributed by atoms with van der Waals surface area (Å²) in [5.41, 5.74) is 1.30. The van der Waals surface area contributed by atoms with Crippen molar-refractivity contribution in [3.63, 3.8) is 0 Å². The van der Waals surface area contributed by atoms with Crippen LogP contribution in [0.3, 0.4) is 0 Å². The number of nitrogens with zero attached hydrogens (tertiary/aromatic N) is 2. The second-order valence-electron chi connectivity index (χ2n) is 4.57. The van der Waals surface area contributed by atoms with E-state index in [-0.39, 0.29) is 0 Å². The van der Waals surface area contributed by atoms with Gasteiger partial charge in [-0.2, -0.15) is 0 Å². The molecule has 1 atom stereocenters. The Morgan fingerprint density at radius 1 is 1.44 bits per heavy atom. The van der Waals surface area contributed by atoms with Gasteiger partial charge in [0, 0.05) is 22.5 Å².